The van der Waals surface area contributed by atoms with Crippen molar-refractivity contribution in [3.8, 4) is 0 Å². The number of hydrogen-bond donors (Lipinski definition) is 1. The summed E-state index contributed by atoms with van der Waals surface area (Å²) in [5, 5.41) is 9.51. The van der Waals surface area contributed by atoms with E-state index in [-0.39, 0.29) is 18.4 Å². The molecule has 0 aromatic heterocycles. The summed E-state index contributed by atoms with van der Waals surface area (Å²) >= 11 is 0. The van der Waals surface area contributed by atoms with Crippen LogP contribution in [0.15, 0.2) is 18.2 Å². The van der Waals surface area contributed by atoms with Crippen molar-refractivity contribution in [2.24, 2.45) is 11.3 Å². The molecule has 2 rings (SSSR count). The zero-order chi connectivity index (χ0) is 15.8. The molecule has 1 unspecified atom stereocenters. The van der Waals surface area contributed by atoms with Gasteiger partial charge in [0.15, 0.2) is 0 Å². The maximum absolute atomic E-state index is 13.3. The Balaban J connectivity index is 2.27. The number of nitrogens with zero attached hydrogens (tertiary/aromatic N) is 1. The molecular weight excluding hydrogens is 273 g/mol. The molecule has 1 fully saturated rings. The summed E-state index contributed by atoms with van der Waals surface area (Å²) in [5.74, 6) is -1.70. The summed E-state index contributed by atoms with van der Waals surface area (Å²) in [5.41, 5.74) is 0.0929. The predicted molar refractivity (Wildman–Crippen MR) is 76.6 cm³/mol. The highest BCUT2D eigenvalue weighted by Gasteiger charge is 2.48. The van der Waals surface area contributed by atoms with Crippen LogP contribution in [0.2, 0.25) is 0 Å². The van der Waals surface area contributed by atoms with Crippen LogP contribution in [0.5, 0.6) is 0 Å². The van der Waals surface area contributed by atoms with Crippen molar-refractivity contribution in [2.75, 3.05) is 13.1 Å². The Kier molecular flexibility index (Phi) is 4.03. The molecule has 0 bridgehead atoms. The van der Waals surface area contributed by atoms with E-state index in [0.29, 0.717) is 24.1 Å². The Morgan fingerprint density at radius 3 is 2.57 bits per heavy atom. The Morgan fingerprint density at radius 2 is 2.05 bits per heavy atom. The number of amides is 1. The molecule has 1 aromatic carbocycles. The molecule has 0 spiro atoms. The molecule has 0 saturated carbocycles. The Morgan fingerprint density at radius 1 is 1.38 bits per heavy atom. The Bertz CT molecular complexity index is 585. The highest BCUT2D eigenvalue weighted by Crippen LogP contribution is 2.38. The van der Waals surface area contributed by atoms with Gasteiger partial charge >= 0.3 is 5.97 Å². The minimum absolute atomic E-state index is 0.0681. The molecule has 114 valence electrons. The van der Waals surface area contributed by atoms with E-state index >= 15 is 0 Å². The number of carbonyl (C=O) groups excluding carboxylic acids is 1. The number of carboxylic acids is 1. The SMILES string of the molecule is Cc1ccc(F)cc1C(=O)N1CCC(C(=O)O)(C(C)C)C1. The first kappa shape index (κ1) is 15.5. The van der Waals surface area contributed by atoms with Crippen LogP contribution in [0.4, 0.5) is 4.39 Å². The quantitative estimate of drug-likeness (QED) is 0.932. The van der Waals surface area contributed by atoms with E-state index in [1.165, 1.54) is 17.0 Å². The van der Waals surface area contributed by atoms with Gasteiger partial charge in [-0.05, 0) is 37.0 Å². The van der Waals surface area contributed by atoms with Crippen LogP contribution in [-0.2, 0) is 4.79 Å². The smallest absolute Gasteiger partial charge is 0.311 e. The number of rotatable bonds is 3. The van der Waals surface area contributed by atoms with E-state index in [1.54, 1.807) is 13.0 Å². The summed E-state index contributed by atoms with van der Waals surface area (Å²) in [7, 11) is 0. The molecule has 0 aliphatic carbocycles. The topological polar surface area (TPSA) is 57.6 Å². The Labute approximate surface area is 123 Å². The highest BCUT2D eigenvalue weighted by molar-refractivity contribution is 5.96. The van der Waals surface area contributed by atoms with Gasteiger partial charge in [-0.15, -0.1) is 0 Å². The fourth-order valence-corrected chi connectivity index (χ4v) is 2.89. The second-order valence-electron chi connectivity index (χ2n) is 6.05. The zero-order valence-electron chi connectivity index (χ0n) is 12.5. The fourth-order valence-electron chi connectivity index (χ4n) is 2.89. The van der Waals surface area contributed by atoms with E-state index in [4.69, 9.17) is 0 Å². The summed E-state index contributed by atoms with van der Waals surface area (Å²) in [6.07, 6.45) is 0.431. The monoisotopic (exact) mass is 293 g/mol. The average molecular weight is 293 g/mol. The van der Waals surface area contributed by atoms with E-state index in [9.17, 15) is 19.1 Å². The second-order valence-corrected chi connectivity index (χ2v) is 6.05. The third-order valence-electron chi connectivity index (χ3n) is 4.55. The van der Waals surface area contributed by atoms with Gasteiger partial charge in [0.05, 0.1) is 5.41 Å². The van der Waals surface area contributed by atoms with Crippen LogP contribution < -0.4 is 0 Å². The van der Waals surface area contributed by atoms with Crippen LogP contribution in [0.1, 0.15) is 36.2 Å². The highest BCUT2D eigenvalue weighted by atomic mass is 19.1. The standard InChI is InChI=1S/C16H20FNO3/c1-10(2)16(15(20)21)6-7-18(9-16)14(19)13-8-12(17)5-4-11(13)3/h4-5,8,10H,6-7,9H2,1-3H3,(H,20,21). The van der Waals surface area contributed by atoms with Gasteiger partial charge in [-0.3, -0.25) is 9.59 Å². The van der Waals surface area contributed by atoms with Crippen molar-refractivity contribution in [3.05, 3.63) is 35.1 Å². The lowest BCUT2D eigenvalue weighted by Crippen LogP contribution is -2.40. The fraction of sp³-hybridized carbons (Fsp3) is 0.500. The van der Waals surface area contributed by atoms with Crippen molar-refractivity contribution in [1.29, 1.82) is 0 Å². The number of benzene rings is 1. The molecule has 1 aromatic rings. The molecular formula is C16H20FNO3. The van der Waals surface area contributed by atoms with Crippen molar-refractivity contribution in [2.45, 2.75) is 27.2 Å². The molecule has 5 heteroatoms. The first-order chi connectivity index (χ1) is 9.78. The molecule has 4 nitrogen and oxygen atoms in total. The number of aliphatic carboxylic acids is 1. The van der Waals surface area contributed by atoms with E-state index in [2.05, 4.69) is 0 Å². The maximum Gasteiger partial charge on any atom is 0.311 e. The number of likely N-dealkylation sites (tertiary alicyclic amines) is 1. The summed E-state index contributed by atoms with van der Waals surface area (Å²) in [6, 6.07) is 4.09. The molecule has 1 aliphatic heterocycles. The van der Waals surface area contributed by atoms with Gasteiger partial charge in [0, 0.05) is 18.7 Å². The van der Waals surface area contributed by atoms with Crippen LogP contribution in [0, 0.1) is 24.1 Å². The minimum atomic E-state index is -0.906. The van der Waals surface area contributed by atoms with Crippen molar-refractivity contribution < 1.29 is 19.1 Å². The molecule has 1 heterocycles. The number of carboxylic acid groups (broad SMARTS) is 1. The number of carbonyl (C=O) groups is 2. The first-order valence-corrected chi connectivity index (χ1v) is 7.07. The molecule has 21 heavy (non-hydrogen) atoms. The van der Waals surface area contributed by atoms with Gasteiger partial charge in [-0.2, -0.15) is 0 Å². The van der Waals surface area contributed by atoms with E-state index in [0.717, 1.165) is 0 Å². The largest absolute Gasteiger partial charge is 0.481 e. The van der Waals surface area contributed by atoms with Crippen molar-refractivity contribution in [1.82, 2.24) is 4.90 Å². The summed E-state index contributed by atoms with van der Waals surface area (Å²) in [6.45, 7) is 6.02. The van der Waals surface area contributed by atoms with Gasteiger partial charge in [0.1, 0.15) is 5.82 Å². The van der Waals surface area contributed by atoms with Gasteiger partial charge in [0.25, 0.3) is 5.91 Å². The lowest BCUT2D eigenvalue weighted by Gasteiger charge is -2.28. The van der Waals surface area contributed by atoms with Gasteiger partial charge in [0.2, 0.25) is 0 Å². The lowest BCUT2D eigenvalue weighted by molar-refractivity contribution is -0.150. The molecule has 1 atom stereocenters. The molecule has 1 amide bonds. The maximum atomic E-state index is 13.3. The third-order valence-corrected chi connectivity index (χ3v) is 4.55. The molecule has 1 aliphatic rings. The summed E-state index contributed by atoms with van der Waals surface area (Å²) in [4.78, 5) is 25.6. The molecule has 0 radical (unpaired) electrons. The minimum Gasteiger partial charge on any atom is -0.481 e. The first-order valence-electron chi connectivity index (χ1n) is 7.07. The van der Waals surface area contributed by atoms with Gasteiger partial charge < -0.3 is 10.0 Å². The number of hydrogen-bond acceptors (Lipinski definition) is 2. The van der Waals surface area contributed by atoms with Crippen molar-refractivity contribution >= 4 is 11.9 Å². The van der Waals surface area contributed by atoms with Crippen LogP contribution in [0.3, 0.4) is 0 Å². The van der Waals surface area contributed by atoms with E-state index in [1.807, 2.05) is 13.8 Å². The summed E-state index contributed by atoms with van der Waals surface area (Å²) < 4.78 is 13.3. The van der Waals surface area contributed by atoms with Crippen LogP contribution in [0.25, 0.3) is 0 Å². The number of aryl methyl sites for hydroxylation is 1. The van der Waals surface area contributed by atoms with Crippen LogP contribution in [-0.4, -0.2) is 35.0 Å². The normalized spacial score (nSPS) is 21.9. The molecule has 1 N–H and O–H groups in total. The van der Waals surface area contributed by atoms with Gasteiger partial charge in [-0.1, -0.05) is 19.9 Å². The van der Waals surface area contributed by atoms with Crippen molar-refractivity contribution in [3.63, 3.8) is 0 Å². The predicted octanol–water partition coefficient (Wildman–Crippen LogP) is 2.71. The Hall–Kier alpha value is -1.91. The average Bonchev–Trinajstić information content (AvgIpc) is 2.87. The zero-order valence-corrected chi connectivity index (χ0v) is 12.5. The molecule has 1 saturated heterocycles. The van der Waals surface area contributed by atoms with Crippen LogP contribution >= 0.6 is 0 Å². The lowest BCUT2D eigenvalue weighted by atomic mass is 9.76. The second kappa shape index (κ2) is 5.47. The number of halogens is 1. The van der Waals surface area contributed by atoms with E-state index < -0.39 is 17.2 Å². The third kappa shape index (κ3) is 2.64. The van der Waals surface area contributed by atoms with Gasteiger partial charge in [-0.25, -0.2) is 4.39 Å².